The molecular weight excluding hydrogens is 296 g/mol. The molecule has 0 saturated carbocycles. The molecule has 118 valence electrons. The van der Waals surface area contributed by atoms with Gasteiger partial charge in [0.15, 0.2) is 0 Å². The third-order valence-corrected chi connectivity index (χ3v) is 5.87. The van der Waals surface area contributed by atoms with Crippen LogP contribution in [0.2, 0.25) is 0 Å². The van der Waals surface area contributed by atoms with Gasteiger partial charge < -0.3 is 9.05 Å². The Morgan fingerprint density at radius 3 is 2.38 bits per heavy atom. The first kappa shape index (κ1) is 16.6. The summed E-state index contributed by atoms with van der Waals surface area (Å²) in [5, 5.41) is 1.53. The number of hydroxylamine groups is 2. The lowest BCUT2D eigenvalue weighted by Crippen LogP contribution is -2.25. The van der Waals surface area contributed by atoms with Crippen molar-refractivity contribution in [3.8, 4) is 0 Å². The lowest BCUT2D eigenvalue weighted by atomic mass is 10.1. The van der Waals surface area contributed by atoms with Crippen LogP contribution in [0.3, 0.4) is 0 Å². The van der Waals surface area contributed by atoms with Crippen molar-refractivity contribution in [3.05, 3.63) is 35.6 Å². The molecule has 1 heterocycles. The molecule has 1 aromatic rings. The summed E-state index contributed by atoms with van der Waals surface area (Å²) in [5.74, 6) is -0.761. The van der Waals surface area contributed by atoms with Gasteiger partial charge in [0.05, 0.1) is 13.2 Å². The van der Waals surface area contributed by atoms with Gasteiger partial charge in [-0.1, -0.05) is 12.1 Å². The van der Waals surface area contributed by atoms with Gasteiger partial charge in [0, 0.05) is 13.5 Å². The summed E-state index contributed by atoms with van der Waals surface area (Å²) in [4.78, 5) is 5.72. The highest BCUT2D eigenvalue weighted by atomic mass is 31.2. The Hall–Kier alpha value is -0.780. The van der Waals surface area contributed by atoms with Crippen LogP contribution in [0.25, 0.3) is 0 Å². The van der Waals surface area contributed by atoms with Crippen LogP contribution in [0, 0.1) is 5.82 Å². The normalized spacial score (nSPS) is 23.6. The minimum absolute atomic E-state index is 0.283. The lowest BCUT2D eigenvalue weighted by molar-refractivity contribution is -0.137. The van der Waals surface area contributed by atoms with Crippen LogP contribution in [-0.4, -0.2) is 31.1 Å². The van der Waals surface area contributed by atoms with E-state index in [9.17, 15) is 8.96 Å². The van der Waals surface area contributed by atoms with E-state index in [1.807, 2.05) is 0 Å². The molecule has 0 spiro atoms. The van der Waals surface area contributed by atoms with Crippen molar-refractivity contribution in [1.29, 1.82) is 0 Å². The minimum atomic E-state index is -3.26. The molecule has 0 aromatic heterocycles. The summed E-state index contributed by atoms with van der Waals surface area (Å²) in [7, 11) is -1.56. The Morgan fingerprint density at radius 2 is 1.86 bits per heavy atom. The van der Waals surface area contributed by atoms with Crippen molar-refractivity contribution in [1.82, 2.24) is 5.06 Å². The van der Waals surface area contributed by atoms with Gasteiger partial charge in [-0.3, -0.25) is 9.40 Å². The lowest BCUT2D eigenvalue weighted by Gasteiger charge is -2.25. The van der Waals surface area contributed by atoms with E-state index < -0.39 is 13.4 Å². The molecule has 0 aliphatic carbocycles. The van der Waals surface area contributed by atoms with Gasteiger partial charge in [0.2, 0.25) is 0 Å². The fourth-order valence-corrected chi connectivity index (χ4v) is 4.47. The van der Waals surface area contributed by atoms with Gasteiger partial charge in [-0.2, -0.15) is 5.06 Å². The van der Waals surface area contributed by atoms with E-state index in [0.29, 0.717) is 19.6 Å². The maximum absolute atomic E-state index is 13.0. The van der Waals surface area contributed by atoms with Crippen LogP contribution in [0.4, 0.5) is 4.39 Å². The van der Waals surface area contributed by atoms with Crippen LogP contribution >= 0.6 is 7.60 Å². The number of nitrogens with zero attached hydrogens (tertiary/aromatic N) is 1. The van der Waals surface area contributed by atoms with Gasteiger partial charge in [-0.15, -0.1) is 0 Å². The predicted molar refractivity (Wildman–Crippen MR) is 77.3 cm³/mol. The second-order valence-electron chi connectivity index (χ2n) is 4.78. The van der Waals surface area contributed by atoms with Gasteiger partial charge >= 0.3 is 7.60 Å². The fraction of sp³-hybridized carbons (Fsp3) is 0.571. The van der Waals surface area contributed by atoms with Gasteiger partial charge in [0.1, 0.15) is 17.7 Å². The molecule has 1 aromatic carbocycles. The number of hydrogen-bond acceptors (Lipinski definition) is 5. The smallest absolute Gasteiger partial charge is 0.308 e. The average molecular weight is 317 g/mol. The molecule has 2 atom stereocenters. The third kappa shape index (κ3) is 3.71. The quantitative estimate of drug-likeness (QED) is 0.748. The SMILES string of the molecule is CCOP(=O)(OCC)[C@H]1C[C@H](c2ccc(F)cc2)ON1C. The Bertz CT molecular complexity index is 500. The molecule has 21 heavy (non-hydrogen) atoms. The topological polar surface area (TPSA) is 48.0 Å². The zero-order valence-electron chi connectivity index (χ0n) is 12.5. The Morgan fingerprint density at radius 1 is 1.29 bits per heavy atom. The second kappa shape index (κ2) is 6.99. The summed E-state index contributed by atoms with van der Waals surface area (Å²) in [6.45, 7) is 4.17. The van der Waals surface area contributed by atoms with Crippen LogP contribution in [0.15, 0.2) is 24.3 Å². The highest BCUT2D eigenvalue weighted by Gasteiger charge is 2.46. The number of hydrogen-bond donors (Lipinski definition) is 0. The summed E-state index contributed by atoms with van der Waals surface area (Å²) in [6.07, 6.45) is 0.189. The Kier molecular flexibility index (Phi) is 5.52. The molecule has 5 nitrogen and oxygen atoms in total. The Balaban J connectivity index is 2.16. The molecule has 7 heteroatoms. The zero-order valence-corrected chi connectivity index (χ0v) is 13.4. The van der Waals surface area contributed by atoms with Gasteiger partial charge in [-0.05, 0) is 31.5 Å². The highest BCUT2D eigenvalue weighted by Crippen LogP contribution is 2.59. The van der Waals surface area contributed by atoms with Gasteiger partial charge in [0.25, 0.3) is 0 Å². The molecule has 1 saturated heterocycles. The summed E-state index contributed by atoms with van der Waals surface area (Å²) in [6, 6.07) is 6.11. The van der Waals surface area contributed by atoms with Crippen LogP contribution in [0.5, 0.6) is 0 Å². The molecule has 0 N–H and O–H groups in total. The Labute approximate surface area is 124 Å². The van der Waals surface area contributed by atoms with Crippen molar-refractivity contribution in [3.63, 3.8) is 0 Å². The summed E-state index contributed by atoms with van der Waals surface area (Å²) < 4.78 is 36.6. The first-order valence-electron chi connectivity index (χ1n) is 7.04. The maximum Gasteiger partial charge on any atom is 0.350 e. The van der Waals surface area contributed by atoms with Gasteiger partial charge in [-0.25, -0.2) is 4.39 Å². The fourth-order valence-electron chi connectivity index (χ4n) is 2.43. The minimum Gasteiger partial charge on any atom is -0.308 e. The molecule has 2 rings (SSSR count). The standard InChI is InChI=1S/C14H21FNO4P/c1-4-18-21(17,19-5-2)14-10-13(20-16(14)3)11-6-8-12(15)9-7-11/h6-9,13-14H,4-5,10H2,1-3H3/t13-,14+/m1/s1. The molecule has 0 unspecified atom stereocenters. The monoisotopic (exact) mass is 317 g/mol. The van der Waals surface area contributed by atoms with Crippen LogP contribution < -0.4 is 0 Å². The summed E-state index contributed by atoms with van der Waals surface area (Å²) >= 11 is 0. The van der Waals surface area contributed by atoms with E-state index in [4.69, 9.17) is 13.9 Å². The number of benzene rings is 1. The van der Waals surface area contributed by atoms with Crippen molar-refractivity contribution in [2.75, 3.05) is 20.3 Å². The molecule has 1 fully saturated rings. The van der Waals surface area contributed by atoms with Crippen LogP contribution in [0.1, 0.15) is 31.9 Å². The zero-order chi connectivity index (χ0) is 15.5. The average Bonchev–Trinajstić information content (AvgIpc) is 2.83. The van der Waals surface area contributed by atoms with E-state index in [1.165, 1.54) is 17.2 Å². The molecule has 1 aliphatic rings. The highest BCUT2D eigenvalue weighted by molar-refractivity contribution is 7.54. The molecule has 0 radical (unpaired) electrons. The van der Waals surface area contributed by atoms with E-state index in [1.54, 1.807) is 33.0 Å². The number of rotatable bonds is 6. The van der Waals surface area contributed by atoms with Crippen molar-refractivity contribution >= 4 is 7.60 Å². The van der Waals surface area contributed by atoms with Crippen LogP contribution in [-0.2, 0) is 18.5 Å². The van der Waals surface area contributed by atoms with Crippen molar-refractivity contribution in [2.45, 2.75) is 32.2 Å². The molecular formula is C14H21FNO4P. The number of halogens is 1. The van der Waals surface area contributed by atoms with Crippen molar-refractivity contribution in [2.24, 2.45) is 0 Å². The van der Waals surface area contributed by atoms with E-state index in [0.717, 1.165) is 5.56 Å². The van der Waals surface area contributed by atoms with E-state index in [-0.39, 0.29) is 11.9 Å². The van der Waals surface area contributed by atoms with E-state index in [2.05, 4.69) is 0 Å². The maximum atomic E-state index is 13.0. The summed E-state index contributed by atoms with van der Waals surface area (Å²) in [5.41, 5.74) is 0.838. The first-order chi connectivity index (χ1) is 10.00. The van der Waals surface area contributed by atoms with Crippen molar-refractivity contribution < 1.29 is 22.8 Å². The molecule has 0 bridgehead atoms. The van der Waals surface area contributed by atoms with E-state index >= 15 is 0 Å². The predicted octanol–water partition coefficient (Wildman–Crippen LogP) is 3.73. The largest absolute Gasteiger partial charge is 0.350 e. The molecule has 0 amide bonds. The second-order valence-corrected chi connectivity index (χ2v) is 6.98. The first-order valence-corrected chi connectivity index (χ1v) is 8.65. The third-order valence-electron chi connectivity index (χ3n) is 3.36. The molecule has 1 aliphatic heterocycles.